The highest BCUT2D eigenvalue weighted by atomic mass is 16.4. The Morgan fingerprint density at radius 1 is 1.14 bits per heavy atom. The van der Waals surface area contributed by atoms with Crippen molar-refractivity contribution in [3.05, 3.63) is 0 Å². The highest BCUT2D eigenvalue weighted by Crippen LogP contribution is 2.20. The SMILES string of the molecule is NC(N)=NCCC[C@H](NC(=O)[C@@H]1CCC(=O)NCCCC[C@H](N)C(=O)N2CCC[C@H]2C(=O)N1)C(=O)O. The maximum absolute atomic E-state index is 13.1. The van der Waals surface area contributed by atoms with E-state index >= 15 is 0 Å². The predicted molar refractivity (Wildman–Crippen MR) is 130 cm³/mol. The van der Waals surface area contributed by atoms with E-state index in [-0.39, 0.29) is 43.6 Å². The van der Waals surface area contributed by atoms with Gasteiger partial charge in [-0.3, -0.25) is 24.2 Å². The van der Waals surface area contributed by atoms with E-state index in [4.69, 9.17) is 17.2 Å². The number of carboxylic acids is 1. The van der Waals surface area contributed by atoms with Crippen LogP contribution in [-0.4, -0.2) is 89.4 Å². The number of carbonyl (C=O) groups excluding carboxylic acids is 4. The standard InChI is InChI=1S/C22H38N8O6/c23-13-5-1-2-10-26-17(31)9-8-14(28-19(33)16-7-4-12-30(16)20(13)34)18(32)29-15(21(35)36)6-3-11-27-22(24)25/h13-16H,1-12,23H2,(H,26,31)(H,28,33)(H,29,32)(H,35,36)(H4,24,25,27)/t13-,14-,15-,16-/m0/s1. The van der Waals surface area contributed by atoms with Crippen LogP contribution in [0.25, 0.3) is 0 Å². The van der Waals surface area contributed by atoms with Crippen molar-refractivity contribution in [2.75, 3.05) is 19.6 Å². The summed E-state index contributed by atoms with van der Waals surface area (Å²) in [5, 5.41) is 17.3. The third-order valence-corrected chi connectivity index (χ3v) is 6.27. The highest BCUT2D eigenvalue weighted by molar-refractivity contribution is 5.94. The van der Waals surface area contributed by atoms with E-state index in [0.29, 0.717) is 51.6 Å². The van der Waals surface area contributed by atoms with Crippen molar-refractivity contribution in [3.8, 4) is 0 Å². The Balaban J connectivity index is 2.15. The maximum Gasteiger partial charge on any atom is 0.326 e. The summed E-state index contributed by atoms with van der Waals surface area (Å²) in [5.74, 6) is -3.27. The second-order valence-corrected chi connectivity index (χ2v) is 9.09. The Hall–Kier alpha value is -3.42. The van der Waals surface area contributed by atoms with Gasteiger partial charge >= 0.3 is 5.97 Å². The number of nitrogens with two attached hydrogens (primary N) is 3. The normalized spacial score (nSPS) is 24.9. The molecule has 0 radical (unpaired) electrons. The molecule has 2 rings (SSSR count). The number of carbonyl (C=O) groups is 5. The largest absolute Gasteiger partial charge is 0.480 e. The number of aliphatic carboxylic acids is 1. The van der Waals surface area contributed by atoms with Crippen molar-refractivity contribution in [2.45, 2.75) is 82.0 Å². The van der Waals surface area contributed by atoms with Crippen LogP contribution in [0.5, 0.6) is 0 Å². The summed E-state index contributed by atoms with van der Waals surface area (Å²) in [5.41, 5.74) is 16.6. The van der Waals surface area contributed by atoms with Crippen molar-refractivity contribution in [3.63, 3.8) is 0 Å². The van der Waals surface area contributed by atoms with Crippen LogP contribution in [0, 0.1) is 0 Å². The van der Waals surface area contributed by atoms with Crippen LogP contribution >= 0.6 is 0 Å². The van der Waals surface area contributed by atoms with Gasteiger partial charge in [-0.25, -0.2) is 4.79 Å². The highest BCUT2D eigenvalue weighted by Gasteiger charge is 2.38. The molecule has 2 aliphatic heterocycles. The minimum Gasteiger partial charge on any atom is -0.480 e. The minimum absolute atomic E-state index is 0.0378. The third kappa shape index (κ3) is 8.98. The smallest absolute Gasteiger partial charge is 0.326 e. The zero-order valence-corrected chi connectivity index (χ0v) is 20.4. The number of nitrogens with one attached hydrogen (secondary N) is 3. The summed E-state index contributed by atoms with van der Waals surface area (Å²) in [7, 11) is 0. The van der Waals surface area contributed by atoms with Crippen molar-refractivity contribution >= 4 is 35.6 Å². The average molecular weight is 511 g/mol. The topological polar surface area (TPSA) is 235 Å². The zero-order chi connectivity index (χ0) is 26.7. The lowest BCUT2D eigenvalue weighted by Gasteiger charge is -2.28. The summed E-state index contributed by atoms with van der Waals surface area (Å²) in [6.45, 7) is 0.973. The molecule has 0 spiro atoms. The molecule has 0 aromatic heterocycles. The van der Waals surface area contributed by atoms with E-state index in [2.05, 4.69) is 20.9 Å². The average Bonchev–Trinajstić information content (AvgIpc) is 3.31. The van der Waals surface area contributed by atoms with Crippen LogP contribution in [0.15, 0.2) is 4.99 Å². The molecule has 0 aromatic carbocycles. The number of aliphatic imine (C=N–C) groups is 1. The molecular weight excluding hydrogens is 472 g/mol. The molecule has 14 heteroatoms. The predicted octanol–water partition coefficient (Wildman–Crippen LogP) is -2.51. The van der Waals surface area contributed by atoms with Crippen LogP contribution < -0.4 is 33.2 Å². The number of nitrogens with zero attached hydrogens (tertiary/aromatic N) is 2. The van der Waals surface area contributed by atoms with Gasteiger partial charge in [-0.15, -0.1) is 0 Å². The molecule has 2 aliphatic rings. The number of amides is 4. The number of fused-ring (bicyclic) bond motifs is 1. The van der Waals surface area contributed by atoms with Gasteiger partial charge in [0.2, 0.25) is 23.6 Å². The quantitative estimate of drug-likeness (QED) is 0.109. The number of hydrogen-bond acceptors (Lipinski definition) is 7. The summed E-state index contributed by atoms with van der Waals surface area (Å²) in [6.07, 6.45) is 3.02. The second-order valence-electron chi connectivity index (χ2n) is 9.09. The first-order chi connectivity index (χ1) is 17.1. The van der Waals surface area contributed by atoms with E-state index in [9.17, 15) is 29.1 Å². The van der Waals surface area contributed by atoms with Crippen molar-refractivity contribution in [2.24, 2.45) is 22.2 Å². The first kappa shape index (κ1) is 28.8. The molecule has 10 N–H and O–H groups in total. The lowest BCUT2D eigenvalue weighted by Crippen LogP contribution is -2.56. The van der Waals surface area contributed by atoms with Gasteiger partial charge in [0.15, 0.2) is 5.96 Å². The molecule has 0 aliphatic carbocycles. The summed E-state index contributed by atoms with van der Waals surface area (Å²) < 4.78 is 0. The number of rotatable bonds is 7. The molecule has 202 valence electrons. The number of guanidine groups is 1. The lowest BCUT2D eigenvalue weighted by molar-refractivity contribution is -0.143. The van der Waals surface area contributed by atoms with Gasteiger partial charge < -0.3 is 43.2 Å². The summed E-state index contributed by atoms with van der Waals surface area (Å²) >= 11 is 0. The van der Waals surface area contributed by atoms with Gasteiger partial charge in [0.25, 0.3) is 0 Å². The monoisotopic (exact) mass is 510 g/mol. The molecule has 2 heterocycles. The van der Waals surface area contributed by atoms with Crippen molar-refractivity contribution in [1.29, 1.82) is 0 Å². The van der Waals surface area contributed by atoms with E-state index in [1.54, 1.807) is 0 Å². The summed E-state index contributed by atoms with van der Waals surface area (Å²) in [4.78, 5) is 68.1. The molecule has 0 bridgehead atoms. The van der Waals surface area contributed by atoms with Gasteiger partial charge in [-0.2, -0.15) is 0 Å². The van der Waals surface area contributed by atoms with E-state index in [1.807, 2.05) is 0 Å². The van der Waals surface area contributed by atoms with Gasteiger partial charge in [-0.05, 0) is 51.4 Å². The lowest BCUT2D eigenvalue weighted by atomic mass is 10.1. The van der Waals surface area contributed by atoms with Crippen LogP contribution in [-0.2, 0) is 24.0 Å². The number of carboxylic acid groups (broad SMARTS) is 1. The van der Waals surface area contributed by atoms with Crippen molar-refractivity contribution in [1.82, 2.24) is 20.9 Å². The zero-order valence-electron chi connectivity index (χ0n) is 20.4. The molecule has 4 atom stereocenters. The second kappa shape index (κ2) is 14.2. The maximum atomic E-state index is 13.1. The molecule has 0 unspecified atom stereocenters. The van der Waals surface area contributed by atoms with Crippen LogP contribution in [0.1, 0.15) is 57.8 Å². The number of hydrogen-bond donors (Lipinski definition) is 7. The van der Waals surface area contributed by atoms with E-state index in [1.165, 1.54) is 4.90 Å². The first-order valence-corrected chi connectivity index (χ1v) is 12.3. The van der Waals surface area contributed by atoms with Crippen LogP contribution in [0.4, 0.5) is 0 Å². The molecule has 2 saturated heterocycles. The molecule has 0 saturated carbocycles. The van der Waals surface area contributed by atoms with Crippen LogP contribution in [0.3, 0.4) is 0 Å². The first-order valence-electron chi connectivity index (χ1n) is 12.3. The van der Waals surface area contributed by atoms with E-state index in [0.717, 1.165) is 0 Å². The Morgan fingerprint density at radius 3 is 2.58 bits per heavy atom. The fraction of sp³-hybridized carbons (Fsp3) is 0.727. The van der Waals surface area contributed by atoms with Gasteiger partial charge in [-0.1, -0.05) is 0 Å². The Labute approximate surface area is 209 Å². The molecule has 2 fully saturated rings. The van der Waals surface area contributed by atoms with Gasteiger partial charge in [0.05, 0.1) is 6.04 Å². The molecule has 36 heavy (non-hydrogen) atoms. The Morgan fingerprint density at radius 2 is 1.89 bits per heavy atom. The van der Waals surface area contributed by atoms with Gasteiger partial charge in [0.1, 0.15) is 18.1 Å². The molecule has 14 nitrogen and oxygen atoms in total. The Bertz CT molecular complexity index is 846. The fourth-order valence-electron chi connectivity index (χ4n) is 4.29. The fourth-order valence-corrected chi connectivity index (χ4v) is 4.29. The van der Waals surface area contributed by atoms with E-state index < -0.39 is 42.0 Å². The third-order valence-electron chi connectivity index (χ3n) is 6.27. The van der Waals surface area contributed by atoms with Crippen molar-refractivity contribution < 1.29 is 29.1 Å². The summed E-state index contributed by atoms with van der Waals surface area (Å²) in [6, 6.07) is -3.95. The molecular formula is C22H38N8O6. The van der Waals surface area contributed by atoms with Gasteiger partial charge in [0, 0.05) is 26.1 Å². The minimum atomic E-state index is -1.25. The van der Waals surface area contributed by atoms with Crippen LogP contribution in [0.2, 0.25) is 0 Å². The molecule has 4 amide bonds. The Kier molecular flexibility index (Phi) is 11.4. The molecule has 0 aromatic rings.